The molecular weight excluding hydrogens is 251 g/mol. The fourth-order valence-electron chi connectivity index (χ4n) is 1.02. The molecule has 102 valence electrons. The molecule has 10 heteroatoms. The van der Waals surface area contributed by atoms with Gasteiger partial charge in [0, 0.05) is 20.6 Å². The van der Waals surface area contributed by atoms with Crippen LogP contribution >= 0.6 is 0 Å². The van der Waals surface area contributed by atoms with Gasteiger partial charge in [-0.25, -0.2) is 5.84 Å². The number of halogens is 3. The molecule has 1 rings (SSSR count). The molecule has 0 radical (unpaired) electrons. The van der Waals surface area contributed by atoms with E-state index >= 15 is 0 Å². The van der Waals surface area contributed by atoms with E-state index < -0.39 is 12.6 Å². The number of hydrogen-bond acceptors (Lipinski definition) is 7. The van der Waals surface area contributed by atoms with Crippen LogP contribution < -0.4 is 21.5 Å². The van der Waals surface area contributed by atoms with Crippen LogP contribution in [0, 0.1) is 0 Å². The van der Waals surface area contributed by atoms with Crippen molar-refractivity contribution in [3.05, 3.63) is 0 Å². The highest BCUT2D eigenvalue weighted by atomic mass is 19.4. The normalized spacial score (nSPS) is 11.2. The van der Waals surface area contributed by atoms with Gasteiger partial charge in [-0.2, -0.15) is 28.1 Å². The van der Waals surface area contributed by atoms with Crippen molar-refractivity contribution in [1.82, 2.24) is 15.0 Å². The molecule has 0 saturated carbocycles. The minimum Gasteiger partial charge on any atom is -0.354 e. The molecule has 18 heavy (non-hydrogen) atoms. The van der Waals surface area contributed by atoms with Crippen LogP contribution in [0.25, 0.3) is 0 Å². The third kappa shape index (κ3) is 4.57. The van der Waals surface area contributed by atoms with Gasteiger partial charge in [0.1, 0.15) is 0 Å². The van der Waals surface area contributed by atoms with Crippen molar-refractivity contribution < 1.29 is 13.2 Å². The van der Waals surface area contributed by atoms with E-state index in [1.165, 1.54) is 0 Å². The molecule has 0 aliphatic heterocycles. The zero-order valence-electron chi connectivity index (χ0n) is 9.91. The fraction of sp³-hybridized carbons (Fsp3) is 0.625. The predicted octanol–water partition coefficient (Wildman–Crippen LogP) is 0.587. The van der Waals surface area contributed by atoms with Gasteiger partial charge in [0.05, 0.1) is 6.42 Å². The molecule has 0 spiro atoms. The van der Waals surface area contributed by atoms with E-state index in [-0.39, 0.29) is 24.4 Å². The van der Waals surface area contributed by atoms with Crippen molar-refractivity contribution >= 4 is 17.8 Å². The highest BCUT2D eigenvalue weighted by molar-refractivity contribution is 5.42. The van der Waals surface area contributed by atoms with Gasteiger partial charge >= 0.3 is 6.18 Å². The first-order chi connectivity index (χ1) is 8.31. The Labute approximate surface area is 102 Å². The Hall–Kier alpha value is -1.84. The quantitative estimate of drug-likeness (QED) is 0.530. The van der Waals surface area contributed by atoms with Crippen molar-refractivity contribution in [3.63, 3.8) is 0 Å². The van der Waals surface area contributed by atoms with E-state index in [0.29, 0.717) is 0 Å². The lowest BCUT2D eigenvalue weighted by Crippen LogP contribution is -2.20. The topological polar surface area (TPSA) is 92.0 Å². The number of nitrogen functional groups attached to an aromatic ring is 1. The van der Waals surface area contributed by atoms with Gasteiger partial charge in [0.15, 0.2) is 0 Å². The predicted molar refractivity (Wildman–Crippen MR) is 61.1 cm³/mol. The third-order valence-electron chi connectivity index (χ3n) is 1.84. The second-order valence-electron chi connectivity index (χ2n) is 3.61. The second kappa shape index (κ2) is 5.67. The molecule has 4 N–H and O–H groups in total. The highest BCUT2D eigenvalue weighted by Crippen LogP contribution is 2.19. The van der Waals surface area contributed by atoms with Gasteiger partial charge in [-0.1, -0.05) is 0 Å². The number of anilines is 3. The summed E-state index contributed by atoms with van der Waals surface area (Å²) in [5, 5.41) is 2.47. The average Bonchev–Trinajstić information content (AvgIpc) is 2.26. The maximum absolute atomic E-state index is 12.0. The first kappa shape index (κ1) is 14.2. The maximum atomic E-state index is 12.0. The molecule has 1 heterocycles. The first-order valence-electron chi connectivity index (χ1n) is 5.02. The molecule has 1 aromatic heterocycles. The summed E-state index contributed by atoms with van der Waals surface area (Å²) >= 11 is 0. The molecule has 0 amide bonds. The van der Waals surface area contributed by atoms with E-state index in [9.17, 15) is 13.2 Å². The molecule has 0 fully saturated rings. The van der Waals surface area contributed by atoms with Gasteiger partial charge in [0.25, 0.3) is 0 Å². The van der Waals surface area contributed by atoms with E-state index in [1.54, 1.807) is 19.0 Å². The SMILES string of the molecule is CN(C)c1nc(NN)nc(NCCC(F)(F)F)n1. The van der Waals surface area contributed by atoms with Crippen molar-refractivity contribution in [2.75, 3.05) is 36.3 Å². The van der Waals surface area contributed by atoms with Crippen LogP contribution in [-0.4, -0.2) is 41.8 Å². The lowest BCUT2D eigenvalue weighted by atomic mass is 10.4. The lowest BCUT2D eigenvalue weighted by Gasteiger charge is -2.13. The molecule has 0 unspecified atom stereocenters. The lowest BCUT2D eigenvalue weighted by molar-refractivity contribution is -0.131. The summed E-state index contributed by atoms with van der Waals surface area (Å²) in [5.74, 6) is 5.55. The van der Waals surface area contributed by atoms with Crippen LogP contribution in [0.3, 0.4) is 0 Å². The fourth-order valence-corrected chi connectivity index (χ4v) is 1.02. The molecule has 0 aromatic carbocycles. The summed E-state index contributed by atoms with van der Waals surface area (Å²) in [6.45, 7) is -0.315. The van der Waals surface area contributed by atoms with Crippen LogP contribution in [0.15, 0.2) is 0 Å². The number of nitrogens with one attached hydrogen (secondary N) is 2. The summed E-state index contributed by atoms with van der Waals surface area (Å²) in [6, 6.07) is 0. The highest BCUT2D eigenvalue weighted by Gasteiger charge is 2.26. The molecular formula is C8H14F3N7. The molecule has 1 aromatic rings. The number of hydrogen-bond donors (Lipinski definition) is 3. The molecule has 0 aliphatic carbocycles. The van der Waals surface area contributed by atoms with Crippen molar-refractivity contribution in [2.24, 2.45) is 5.84 Å². The number of hydrazine groups is 1. The van der Waals surface area contributed by atoms with Gasteiger partial charge < -0.3 is 10.2 Å². The summed E-state index contributed by atoms with van der Waals surface area (Å²) in [6.07, 6.45) is -5.19. The summed E-state index contributed by atoms with van der Waals surface area (Å²) < 4.78 is 35.9. The Morgan fingerprint density at radius 1 is 1.17 bits per heavy atom. The number of nitrogens with two attached hydrogens (primary N) is 1. The molecule has 0 aliphatic rings. The summed E-state index contributed by atoms with van der Waals surface area (Å²) in [7, 11) is 3.38. The Morgan fingerprint density at radius 3 is 2.28 bits per heavy atom. The van der Waals surface area contributed by atoms with Gasteiger partial charge in [-0.15, -0.1) is 0 Å². The minimum absolute atomic E-state index is 0.0332. The summed E-state index contributed by atoms with van der Waals surface area (Å²) in [5.41, 5.74) is 2.22. The van der Waals surface area contributed by atoms with E-state index in [1.807, 2.05) is 0 Å². The standard InChI is InChI=1S/C8H14F3N7/c1-18(2)7-15-5(14-6(16-7)17-12)13-4-3-8(9,10)11/h3-4,12H2,1-2H3,(H2,13,14,15,16,17). The number of rotatable bonds is 5. The summed E-state index contributed by atoms with van der Waals surface area (Å²) in [4.78, 5) is 13.2. The average molecular weight is 265 g/mol. The number of alkyl halides is 3. The molecule has 0 bridgehead atoms. The number of aromatic nitrogens is 3. The van der Waals surface area contributed by atoms with Gasteiger partial charge in [-0.3, -0.25) is 5.43 Å². The van der Waals surface area contributed by atoms with Crippen LogP contribution in [0.1, 0.15) is 6.42 Å². The zero-order valence-corrected chi connectivity index (χ0v) is 9.91. The third-order valence-corrected chi connectivity index (χ3v) is 1.84. The maximum Gasteiger partial charge on any atom is 0.390 e. The van der Waals surface area contributed by atoms with Crippen LogP contribution in [0.4, 0.5) is 31.0 Å². The van der Waals surface area contributed by atoms with Crippen molar-refractivity contribution in [2.45, 2.75) is 12.6 Å². The molecule has 0 saturated heterocycles. The monoisotopic (exact) mass is 265 g/mol. The van der Waals surface area contributed by atoms with E-state index in [4.69, 9.17) is 5.84 Å². The second-order valence-corrected chi connectivity index (χ2v) is 3.61. The Balaban J connectivity index is 2.73. The minimum atomic E-state index is -4.22. The van der Waals surface area contributed by atoms with E-state index in [0.717, 1.165) is 0 Å². The van der Waals surface area contributed by atoms with E-state index in [2.05, 4.69) is 25.7 Å². The van der Waals surface area contributed by atoms with Crippen LogP contribution in [0.2, 0.25) is 0 Å². The Bertz CT molecular complexity index is 393. The Morgan fingerprint density at radius 2 is 1.78 bits per heavy atom. The smallest absolute Gasteiger partial charge is 0.354 e. The van der Waals surface area contributed by atoms with Crippen LogP contribution in [-0.2, 0) is 0 Å². The first-order valence-corrected chi connectivity index (χ1v) is 5.02. The van der Waals surface area contributed by atoms with Crippen molar-refractivity contribution in [1.29, 1.82) is 0 Å². The van der Waals surface area contributed by atoms with Crippen LogP contribution in [0.5, 0.6) is 0 Å². The Kier molecular flexibility index (Phi) is 4.48. The van der Waals surface area contributed by atoms with Crippen molar-refractivity contribution in [3.8, 4) is 0 Å². The molecule has 0 atom stereocenters. The van der Waals surface area contributed by atoms with Gasteiger partial charge in [0.2, 0.25) is 17.8 Å². The zero-order chi connectivity index (χ0) is 13.8. The largest absolute Gasteiger partial charge is 0.390 e. The van der Waals surface area contributed by atoms with Gasteiger partial charge in [-0.05, 0) is 0 Å². The number of nitrogens with zero attached hydrogens (tertiary/aromatic N) is 4. The molecule has 7 nitrogen and oxygen atoms in total.